The van der Waals surface area contributed by atoms with E-state index in [0.717, 1.165) is 33.6 Å². The summed E-state index contributed by atoms with van der Waals surface area (Å²) in [6.07, 6.45) is 1.80. The van der Waals surface area contributed by atoms with E-state index in [1.807, 2.05) is 45.0 Å². The van der Waals surface area contributed by atoms with Crippen molar-refractivity contribution in [3.63, 3.8) is 0 Å². The zero-order chi connectivity index (χ0) is 15.0. The van der Waals surface area contributed by atoms with Crippen LogP contribution in [0.2, 0.25) is 0 Å². The van der Waals surface area contributed by atoms with Crippen LogP contribution in [-0.2, 0) is 0 Å². The Labute approximate surface area is 122 Å². The first-order valence-corrected chi connectivity index (χ1v) is 6.68. The van der Waals surface area contributed by atoms with E-state index in [-0.39, 0.29) is 0 Å². The van der Waals surface area contributed by atoms with Crippen LogP contribution in [0.3, 0.4) is 0 Å². The number of aromatic nitrogens is 3. The average Bonchev–Trinajstić information content (AvgIpc) is 2.91. The maximum atomic E-state index is 5.82. The topological polar surface area (TPSA) is 77.8 Å². The molecule has 0 bridgehead atoms. The quantitative estimate of drug-likeness (QED) is 0.729. The fraction of sp³-hybridized carbons (Fsp3) is 0.188. The number of aryl methyl sites for hydroxylation is 3. The number of nitrogens with zero attached hydrogens (tertiary/aromatic N) is 3. The van der Waals surface area contributed by atoms with Crippen molar-refractivity contribution >= 4 is 5.69 Å². The van der Waals surface area contributed by atoms with Gasteiger partial charge in [0.15, 0.2) is 0 Å². The molecular formula is C16H16N4O. The summed E-state index contributed by atoms with van der Waals surface area (Å²) in [5, 5.41) is 4.03. The van der Waals surface area contributed by atoms with Gasteiger partial charge in [0.25, 0.3) is 5.89 Å². The lowest BCUT2D eigenvalue weighted by molar-refractivity contribution is 0.432. The van der Waals surface area contributed by atoms with Crippen LogP contribution in [0.5, 0.6) is 0 Å². The Morgan fingerprint density at radius 3 is 2.57 bits per heavy atom. The van der Waals surface area contributed by atoms with E-state index in [0.29, 0.717) is 11.7 Å². The molecule has 0 aliphatic carbocycles. The van der Waals surface area contributed by atoms with Crippen molar-refractivity contribution in [1.29, 1.82) is 0 Å². The molecule has 3 rings (SSSR count). The number of hydrogen-bond acceptors (Lipinski definition) is 5. The molecule has 1 aromatic carbocycles. The fourth-order valence-electron chi connectivity index (χ4n) is 2.20. The van der Waals surface area contributed by atoms with Crippen LogP contribution < -0.4 is 5.73 Å². The first-order chi connectivity index (χ1) is 10.0. The molecule has 0 amide bonds. The van der Waals surface area contributed by atoms with Crippen LogP contribution in [0, 0.1) is 20.8 Å². The average molecular weight is 280 g/mol. The zero-order valence-electron chi connectivity index (χ0n) is 12.2. The van der Waals surface area contributed by atoms with Crippen LogP contribution in [0.25, 0.3) is 23.0 Å². The van der Waals surface area contributed by atoms with E-state index >= 15 is 0 Å². The van der Waals surface area contributed by atoms with Gasteiger partial charge in [0.2, 0.25) is 5.82 Å². The van der Waals surface area contributed by atoms with Gasteiger partial charge in [-0.2, -0.15) is 4.98 Å². The molecule has 0 aliphatic heterocycles. The van der Waals surface area contributed by atoms with Crippen molar-refractivity contribution < 1.29 is 4.52 Å². The highest BCUT2D eigenvalue weighted by atomic mass is 16.5. The Hall–Kier alpha value is -2.69. The molecule has 0 unspecified atom stereocenters. The van der Waals surface area contributed by atoms with Crippen LogP contribution >= 0.6 is 0 Å². The number of hydrogen-bond donors (Lipinski definition) is 1. The normalized spacial score (nSPS) is 10.8. The molecule has 0 saturated carbocycles. The third-order valence-corrected chi connectivity index (χ3v) is 3.37. The van der Waals surface area contributed by atoms with Gasteiger partial charge in [-0.3, -0.25) is 4.98 Å². The van der Waals surface area contributed by atoms with Crippen molar-refractivity contribution in [2.24, 2.45) is 0 Å². The van der Waals surface area contributed by atoms with Gasteiger partial charge in [0, 0.05) is 17.4 Å². The summed E-state index contributed by atoms with van der Waals surface area (Å²) in [6, 6.07) is 7.69. The Balaban J connectivity index is 2.01. The number of nitrogens with two attached hydrogens (primary N) is 1. The highest BCUT2D eigenvalue weighted by Crippen LogP contribution is 2.25. The summed E-state index contributed by atoms with van der Waals surface area (Å²) in [6.45, 7) is 5.93. The molecule has 2 heterocycles. The van der Waals surface area contributed by atoms with Gasteiger partial charge in [-0.05, 0) is 55.7 Å². The van der Waals surface area contributed by atoms with E-state index in [1.54, 1.807) is 6.20 Å². The van der Waals surface area contributed by atoms with Gasteiger partial charge < -0.3 is 10.3 Å². The summed E-state index contributed by atoms with van der Waals surface area (Å²) in [7, 11) is 0. The van der Waals surface area contributed by atoms with Crippen molar-refractivity contribution in [2.75, 3.05) is 5.73 Å². The minimum atomic E-state index is 0.467. The lowest BCUT2D eigenvalue weighted by Gasteiger charge is -2.01. The van der Waals surface area contributed by atoms with Crippen molar-refractivity contribution in [2.45, 2.75) is 20.8 Å². The van der Waals surface area contributed by atoms with E-state index in [2.05, 4.69) is 15.1 Å². The molecular weight excluding hydrogens is 264 g/mol. The molecule has 3 aromatic rings. The Kier molecular flexibility index (Phi) is 3.17. The molecule has 0 spiro atoms. The molecule has 0 fully saturated rings. The second-order valence-electron chi connectivity index (χ2n) is 5.17. The lowest BCUT2D eigenvalue weighted by atomic mass is 10.1. The van der Waals surface area contributed by atoms with E-state index in [9.17, 15) is 0 Å². The fourth-order valence-corrected chi connectivity index (χ4v) is 2.20. The molecule has 5 heteroatoms. The van der Waals surface area contributed by atoms with Crippen molar-refractivity contribution in [3.05, 3.63) is 47.2 Å². The molecule has 106 valence electrons. The zero-order valence-corrected chi connectivity index (χ0v) is 12.2. The number of anilines is 1. The molecule has 2 aromatic heterocycles. The van der Waals surface area contributed by atoms with Crippen molar-refractivity contribution in [3.8, 4) is 23.0 Å². The second kappa shape index (κ2) is 5.01. The van der Waals surface area contributed by atoms with Gasteiger partial charge >= 0.3 is 0 Å². The molecule has 21 heavy (non-hydrogen) atoms. The predicted octanol–water partition coefficient (Wildman–Crippen LogP) is 3.31. The molecule has 0 saturated heterocycles. The third-order valence-electron chi connectivity index (χ3n) is 3.37. The monoisotopic (exact) mass is 280 g/mol. The standard InChI is InChI=1S/C16H16N4O/c1-9-6-11(3)14(18-8-9)15-19-16(21-20-15)12-4-5-13(17)10(2)7-12/h4-8H,17H2,1-3H3. The van der Waals surface area contributed by atoms with Gasteiger partial charge in [0.05, 0.1) is 0 Å². The Morgan fingerprint density at radius 2 is 1.86 bits per heavy atom. The summed E-state index contributed by atoms with van der Waals surface area (Å²) < 4.78 is 5.34. The van der Waals surface area contributed by atoms with E-state index in [4.69, 9.17) is 10.3 Å². The highest BCUT2D eigenvalue weighted by Gasteiger charge is 2.14. The summed E-state index contributed by atoms with van der Waals surface area (Å²) >= 11 is 0. The molecule has 0 radical (unpaired) electrons. The maximum Gasteiger partial charge on any atom is 0.258 e. The Bertz CT molecular complexity index is 808. The summed E-state index contributed by atoms with van der Waals surface area (Å²) in [5.74, 6) is 0.965. The molecule has 0 aliphatic rings. The lowest BCUT2D eigenvalue weighted by Crippen LogP contribution is -1.92. The number of benzene rings is 1. The van der Waals surface area contributed by atoms with E-state index < -0.39 is 0 Å². The van der Waals surface area contributed by atoms with Gasteiger partial charge in [-0.1, -0.05) is 11.2 Å². The third kappa shape index (κ3) is 2.50. The molecule has 0 atom stereocenters. The minimum absolute atomic E-state index is 0.467. The molecule has 2 N–H and O–H groups in total. The second-order valence-corrected chi connectivity index (χ2v) is 5.17. The maximum absolute atomic E-state index is 5.82. The smallest absolute Gasteiger partial charge is 0.258 e. The van der Waals surface area contributed by atoms with Crippen LogP contribution in [-0.4, -0.2) is 15.1 Å². The van der Waals surface area contributed by atoms with Gasteiger partial charge in [-0.25, -0.2) is 0 Å². The van der Waals surface area contributed by atoms with Crippen LogP contribution in [0.1, 0.15) is 16.7 Å². The Morgan fingerprint density at radius 1 is 1.05 bits per heavy atom. The number of nitrogen functional groups attached to an aromatic ring is 1. The van der Waals surface area contributed by atoms with Crippen LogP contribution in [0.4, 0.5) is 5.69 Å². The van der Waals surface area contributed by atoms with Crippen molar-refractivity contribution in [1.82, 2.24) is 15.1 Å². The number of pyridine rings is 1. The largest absolute Gasteiger partial charge is 0.399 e. The SMILES string of the molecule is Cc1cnc(-c2noc(-c3ccc(N)c(C)c3)n2)c(C)c1. The minimum Gasteiger partial charge on any atom is -0.399 e. The summed E-state index contributed by atoms with van der Waals surface area (Å²) in [5.41, 5.74) is 11.3. The highest BCUT2D eigenvalue weighted by molar-refractivity contribution is 5.63. The van der Waals surface area contributed by atoms with Gasteiger partial charge in [-0.15, -0.1) is 0 Å². The first kappa shape index (κ1) is 13.3. The molecule has 5 nitrogen and oxygen atoms in total. The predicted molar refractivity (Wildman–Crippen MR) is 81.6 cm³/mol. The van der Waals surface area contributed by atoms with Crippen LogP contribution in [0.15, 0.2) is 35.0 Å². The van der Waals surface area contributed by atoms with Gasteiger partial charge in [0.1, 0.15) is 5.69 Å². The summed E-state index contributed by atoms with van der Waals surface area (Å²) in [4.78, 5) is 8.81. The van der Waals surface area contributed by atoms with E-state index in [1.165, 1.54) is 0 Å². The number of rotatable bonds is 2. The first-order valence-electron chi connectivity index (χ1n) is 6.68.